The van der Waals surface area contributed by atoms with Crippen LogP contribution in [-0.2, 0) is 9.59 Å². The van der Waals surface area contributed by atoms with Crippen LogP contribution in [0.25, 0.3) is 0 Å². The van der Waals surface area contributed by atoms with Crippen LogP contribution in [0.15, 0.2) is 53.4 Å². The van der Waals surface area contributed by atoms with Crippen LogP contribution in [0.2, 0.25) is 0 Å². The Balaban J connectivity index is 1.91. The van der Waals surface area contributed by atoms with E-state index in [-0.39, 0.29) is 24.1 Å². The number of hydrogen-bond donors (Lipinski definition) is 3. The molecule has 6 nitrogen and oxygen atoms in total. The maximum absolute atomic E-state index is 12.5. The first-order valence-electron chi connectivity index (χ1n) is 8.99. The van der Waals surface area contributed by atoms with Gasteiger partial charge in [0.25, 0.3) is 11.8 Å². The molecular formula is C21H26N3O3S+. The van der Waals surface area contributed by atoms with Gasteiger partial charge in [0, 0.05) is 16.1 Å². The Kier molecular flexibility index (Phi) is 7.78. The highest BCUT2D eigenvalue weighted by Crippen LogP contribution is 2.24. The molecule has 2 atom stereocenters. The number of anilines is 2. The smallest absolute Gasteiger partial charge is 0.282 e. The topological polar surface area (TPSA) is 79.7 Å². The van der Waals surface area contributed by atoms with E-state index in [9.17, 15) is 14.4 Å². The van der Waals surface area contributed by atoms with Gasteiger partial charge in [0.15, 0.2) is 18.4 Å². The zero-order chi connectivity index (χ0) is 20.7. The molecule has 2 aromatic rings. The molecule has 0 aromatic heterocycles. The number of amides is 2. The summed E-state index contributed by atoms with van der Waals surface area (Å²) in [6, 6.07) is 13.9. The predicted molar refractivity (Wildman–Crippen MR) is 113 cm³/mol. The zero-order valence-corrected chi connectivity index (χ0v) is 17.4. The number of carbonyl (C=O) groups is 3. The SMILES string of the molecule is CSc1ccccc1NC(=O)C[NH+](C)[C@H](C)C(=O)Nc1ccc(C(C)=O)cc1. The fourth-order valence-electron chi connectivity index (χ4n) is 2.61. The lowest BCUT2D eigenvalue weighted by molar-refractivity contribution is -0.885. The molecule has 0 bridgehead atoms. The second kappa shape index (κ2) is 10.1. The van der Waals surface area contributed by atoms with Crippen LogP contribution >= 0.6 is 11.8 Å². The average Bonchev–Trinajstić information content (AvgIpc) is 2.68. The van der Waals surface area contributed by atoms with E-state index in [1.54, 1.807) is 43.0 Å². The Morgan fingerprint density at radius 2 is 1.68 bits per heavy atom. The van der Waals surface area contributed by atoms with E-state index in [0.29, 0.717) is 11.3 Å². The molecule has 0 aliphatic carbocycles. The van der Waals surface area contributed by atoms with Crippen LogP contribution in [0.5, 0.6) is 0 Å². The van der Waals surface area contributed by atoms with Gasteiger partial charge in [-0.1, -0.05) is 12.1 Å². The lowest BCUT2D eigenvalue weighted by Crippen LogP contribution is -3.14. The number of quaternary nitrogens is 1. The van der Waals surface area contributed by atoms with E-state index in [4.69, 9.17) is 0 Å². The normalized spacial score (nSPS) is 12.7. The second-order valence-electron chi connectivity index (χ2n) is 6.62. The van der Waals surface area contributed by atoms with E-state index in [1.807, 2.05) is 37.6 Å². The van der Waals surface area contributed by atoms with E-state index in [1.165, 1.54) is 6.92 Å². The lowest BCUT2D eigenvalue weighted by Gasteiger charge is -2.21. The lowest BCUT2D eigenvalue weighted by atomic mass is 10.1. The number of carbonyl (C=O) groups excluding carboxylic acids is 3. The molecule has 2 amide bonds. The van der Waals surface area contributed by atoms with Gasteiger partial charge in [-0.05, 0) is 56.5 Å². The maximum Gasteiger partial charge on any atom is 0.282 e. The molecule has 0 saturated carbocycles. The first-order chi connectivity index (χ1) is 13.3. The summed E-state index contributed by atoms with van der Waals surface area (Å²) in [4.78, 5) is 37.9. The Bertz CT molecular complexity index is 852. The minimum atomic E-state index is -0.422. The highest BCUT2D eigenvalue weighted by molar-refractivity contribution is 7.98. The van der Waals surface area contributed by atoms with Gasteiger partial charge in [0.1, 0.15) is 0 Å². The van der Waals surface area contributed by atoms with E-state index in [0.717, 1.165) is 15.5 Å². The monoisotopic (exact) mass is 400 g/mol. The Morgan fingerprint density at radius 3 is 2.29 bits per heavy atom. The number of hydrogen-bond acceptors (Lipinski definition) is 4. The van der Waals surface area contributed by atoms with Crippen molar-refractivity contribution in [2.45, 2.75) is 24.8 Å². The summed E-state index contributed by atoms with van der Waals surface area (Å²) in [5.74, 6) is -0.362. The summed E-state index contributed by atoms with van der Waals surface area (Å²) in [6.45, 7) is 3.44. The van der Waals surface area contributed by atoms with Gasteiger partial charge in [-0.15, -0.1) is 11.8 Å². The number of likely N-dealkylation sites (N-methyl/N-ethyl adjacent to an activating group) is 1. The minimum Gasteiger partial charge on any atom is -0.321 e. The van der Waals surface area contributed by atoms with Crippen LogP contribution in [0, 0.1) is 0 Å². The summed E-state index contributed by atoms with van der Waals surface area (Å²) < 4.78 is 0. The standard InChI is InChI=1S/C21H25N3O3S/c1-14(21(27)22-17-11-9-16(10-12-17)15(2)25)24(3)13-20(26)23-18-7-5-6-8-19(18)28-4/h5-12,14H,13H2,1-4H3,(H,22,27)(H,23,26)/p+1/t14-/m1/s1. The van der Waals surface area contributed by atoms with Gasteiger partial charge >= 0.3 is 0 Å². The molecule has 7 heteroatoms. The van der Waals surface area contributed by atoms with Crippen molar-refractivity contribution >= 4 is 40.7 Å². The van der Waals surface area contributed by atoms with Crippen LogP contribution < -0.4 is 15.5 Å². The summed E-state index contributed by atoms with van der Waals surface area (Å²) in [5, 5.41) is 5.73. The van der Waals surface area contributed by atoms with Gasteiger partial charge < -0.3 is 15.5 Å². The third-order valence-electron chi connectivity index (χ3n) is 4.51. The molecular weight excluding hydrogens is 374 g/mol. The summed E-state index contributed by atoms with van der Waals surface area (Å²) in [7, 11) is 1.81. The molecule has 28 heavy (non-hydrogen) atoms. The molecule has 3 N–H and O–H groups in total. The van der Waals surface area contributed by atoms with Gasteiger partial charge in [0.2, 0.25) is 0 Å². The summed E-state index contributed by atoms with van der Waals surface area (Å²) in [5.41, 5.74) is 1.99. The summed E-state index contributed by atoms with van der Waals surface area (Å²) in [6.07, 6.45) is 1.96. The number of para-hydroxylation sites is 1. The molecule has 1 unspecified atom stereocenters. The molecule has 0 fully saturated rings. The Hall–Kier alpha value is -2.64. The van der Waals surface area contributed by atoms with E-state index >= 15 is 0 Å². The van der Waals surface area contributed by atoms with Gasteiger partial charge in [0.05, 0.1) is 12.7 Å². The van der Waals surface area contributed by atoms with Crippen LogP contribution in [-0.4, -0.2) is 43.5 Å². The number of Topliss-reactive ketones (excluding diaryl/α,β-unsaturated/α-hetero) is 1. The number of thioether (sulfide) groups is 1. The number of benzene rings is 2. The van der Waals surface area contributed by atoms with Crippen molar-refractivity contribution in [1.82, 2.24) is 0 Å². The van der Waals surface area contributed by atoms with Gasteiger partial charge in [-0.3, -0.25) is 14.4 Å². The van der Waals surface area contributed by atoms with Crippen molar-refractivity contribution in [3.05, 3.63) is 54.1 Å². The molecule has 0 spiro atoms. The van der Waals surface area contributed by atoms with Crippen molar-refractivity contribution in [3.8, 4) is 0 Å². The number of rotatable bonds is 8. The third kappa shape index (κ3) is 5.94. The molecule has 0 aliphatic rings. The molecule has 0 saturated heterocycles. The molecule has 2 rings (SSSR count). The fourth-order valence-corrected chi connectivity index (χ4v) is 3.16. The van der Waals surface area contributed by atoms with E-state index in [2.05, 4.69) is 10.6 Å². The Morgan fingerprint density at radius 1 is 1.04 bits per heavy atom. The number of nitrogens with one attached hydrogen (secondary N) is 3. The fraction of sp³-hybridized carbons (Fsp3) is 0.286. The molecule has 148 valence electrons. The first kappa shape index (κ1) is 21.7. The van der Waals surface area contributed by atoms with Crippen molar-refractivity contribution in [1.29, 1.82) is 0 Å². The molecule has 0 heterocycles. The highest BCUT2D eigenvalue weighted by atomic mass is 32.2. The highest BCUT2D eigenvalue weighted by Gasteiger charge is 2.24. The quantitative estimate of drug-likeness (QED) is 0.468. The second-order valence-corrected chi connectivity index (χ2v) is 7.46. The van der Waals surface area contributed by atoms with Gasteiger partial charge in [-0.25, -0.2) is 0 Å². The summed E-state index contributed by atoms with van der Waals surface area (Å²) >= 11 is 1.56. The van der Waals surface area contributed by atoms with E-state index < -0.39 is 6.04 Å². The largest absolute Gasteiger partial charge is 0.321 e. The minimum absolute atomic E-state index is 0.0236. The first-order valence-corrected chi connectivity index (χ1v) is 10.2. The van der Waals surface area contributed by atoms with Gasteiger partial charge in [-0.2, -0.15) is 0 Å². The van der Waals surface area contributed by atoms with Crippen molar-refractivity contribution in [2.75, 3.05) is 30.5 Å². The van der Waals surface area contributed by atoms with Crippen molar-refractivity contribution in [3.63, 3.8) is 0 Å². The molecule has 0 aliphatic heterocycles. The number of ketones is 1. The van der Waals surface area contributed by atoms with Crippen LogP contribution in [0.4, 0.5) is 11.4 Å². The predicted octanol–water partition coefficient (Wildman–Crippen LogP) is 2.09. The zero-order valence-electron chi connectivity index (χ0n) is 16.5. The molecule has 2 aromatic carbocycles. The van der Waals surface area contributed by atoms with Crippen molar-refractivity contribution in [2.24, 2.45) is 0 Å². The third-order valence-corrected chi connectivity index (χ3v) is 5.31. The van der Waals surface area contributed by atoms with Crippen LogP contribution in [0.3, 0.4) is 0 Å². The maximum atomic E-state index is 12.5. The Labute approximate surface area is 169 Å². The molecule has 0 radical (unpaired) electrons. The van der Waals surface area contributed by atoms with Crippen LogP contribution in [0.1, 0.15) is 24.2 Å². The average molecular weight is 401 g/mol. The van der Waals surface area contributed by atoms with Crippen molar-refractivity contribution < 1.29 is 19.3 Å².